The van der Waals surface area contributed by atoms with E-state index >= 15 is 0 Å². The zero-order valence-corrected chi connectivity index (χ0v) is 15.3. The van der Waals surface area contributed by atoms with Crippen molar-refractivity contribution in [1.82, 2.24) is 4.90 Å². The molecule has 142 valence electrons. The molecule has 1 heterocycles. The molecule has 0 spiro atoms. The van der Waals surface area contributed by atoms with E-state index in [4.69, 9.17) is 4.43 Å². The van der Waals surface area contributed by atoms with Gasteiger partial charge in [-0.1, -0.05) is 0 Å². The molecule has 1 aliphatic rings. The lowest BCUT2D eigenvalue weighted by atomic mass is 9.98. The topological polar surface area (TPSA) is 12.5 Å². The predicted molar refractivity (Wildman–Crippen MR) is 84.4 cm³/mol. The van der Waals surface area contributed by atoms with E-state index in [9.17, 15) is 26.3 Å². The first kappa shape index (κ1) is 20.3. The van der Waals surface area contributed by atoms with Gasteiger partial charge in [0, 0.05) is 12.6 Å². The molecule has 1 atom stereocenters. The summed E-state index contributed by atoms with van der Waals surface area (Å²) in [6.45, 7) is 6.74. The molecule has 1 aliphatic heterocycles. The SMILES string of the molecule is C[Si](C)(C)OCN1CCCC1c1cc(C(F)(F)F)cc(C(F)(F)F)c1. The number of rotatable bonds is 4. The minimum atomic E-state index is -4.83. The molecule has 0 aromatic heterocycles. The Balaban J connectivity index is 2.36. The van der Waals surface area contributed by atoms with Crippen LogP contribution in [0.3, 0.4) is 0 Å². The number of alkyl halides is 6. The third kappa shape index (κ3) is 5.45. The van der Waals surface area contributed by atoms with Crippen LogP contribution >= 0.6 is 0 Å². The standard InChI is InChI=1S/C16H21F6NOSi/c1-25(2,3)24-10-23-6-4-5-14(23)11-7-12(15(17,18)19)9-13(8-11)16(20,21)22/h7-9,14H,4-6,10H2,1-3H3. The summed E-state index contributed by atoms with van der Waals surface area (Å²) in [5, 5.41) is 0. The Labute approximate surface area is 143 Å². The summed E-state index contributed by atoms with van der Waals surface area (Å²) in [5.41, 5.74) is -2.50. The second-order valence-corrected chi connectivity index (χ2v) is 11.7. The molecule has 1 unspecified atom stereocenters. The van der Waals surface area contributed by atoms with Crippen molar-refractivity contribution in [3.8, 4) is 0 Å². The van der Waals surface area contributed by atoms with Crippen LogP contribution in [0.2, 0.25) is 19.6 Å². The van der Waals surface area contributed by atoms with Gasteiger partial charge in [-0.25, -0.2) is 0 Å². The summed E-state index contributed by atoms with van der Waals surface area (Å²) in [6.07, 6.45) is -8.44. The highest BCUT2D eigenvalue weighted by Crippen LogP contribution is 2.40. The van der Waals surface area contributed by atoms with Gasteiger partial charge in [0.1, 0.15) is 0 Å². The van der Waals surface area contributed by atoms with Crippen molar-refractivity contribution in [1.29, 1.82) is 0 Å². The van der Waals surface area contributed by atoms with E-state index in [1.165, 1.54) is 0 Å². The van der Waals surface area contributed by atoms with Crippen molar-refractivity contribution >= 4 is 8.32 Å². The van der Waals surface area contributed by atoms with Gasteiger partial charge in [0.15, 0.2) is 8.32 Å². The van der Waals surface area contributed by atoms with Crippen molar-refractivity contribution in [2.75, 3.05) is 13.3 Å². The van der Waals surface area contributed by atoms with Crippen LogP contribution < -0.4 is 0 Å². The predicted octanol–water partition coefficient (Wildman–Crippen LogP) is 5.67. The van der Waals surface area contributed by atoms with Gasteiger partial charge in [-0.3, -0.25) is 4.90 Å². The van der Waals surface area contributed by atoms with Crippen molar-refractivity contribution in [2.45, 2.75) is 50.9 Å². The molecule has 9 heteroatoms. The molecule has 2 rings (SSSR count). The first-order chi connectivity index (χ1) is 11.3. The van der Waals surface area contributed by atoms with Crippen molar-refractivity contribution in [3.63, 3.8) is 0 Å². The summed E-state index contributed by atoms with van der Waals surface area (Å²) in [7, 11) is -1.84. The van der Waals surface area contributed by atoms with Gasteiger partial charge >= 0.3 is 12.4 Å². The highest BCUT2D eigenvalue weighted by molar-refractivity contribution is 6.69. The fourth-order valence-electron chi connectivity index (χ4n) is 2.81. The Hall–Kier alpha value is -1.06. The summed E-state index contributed by atoms with van der Waals surface area (Å²) in [5.74, 6) is 0. The monoisotopic (exact) mass is 385 g/mol. The number of benzene rings is 1. The van der Waals surface area contributed by atoms with Crippen LogP contribution in [-0.2, 0) is 16.8 Å². The maximum absolute atomic E-state index is 13.0. The van der Waals surface area contributed by atoms with Gasteiger partial charge in [-0.15, -0.1) is 0 Å². The van der Waals surface area contributed by atoms with Crippen LogP contribution in [0.5, 0.6) is 0 Å². The number of halogens is 6. The zero-order valence-electron chi connectivity index (χ0n) is 14.3. The molecule has 1 aromatic rings. The average molecular weight is 385 g/mol. The van der Waals surface area contributed by atoms with Crippen LogP contribution in [0.1, 0.15) is 35.6 Å². The second kappa shape index (κ2) is 6.92. The third-order valence-corrected chi connectivity index (χ3v) is 5.02. The van der Waals surface area contributed by atoms with Crippen LogP contribution in [0, 0.1) is 0 Å². The molecule has 0 radical (unpaired) electrons. The smallest absolute Gasteiger partial charge is 0.405 e. The molecule has 1 saturated heterocycles. The molecule has 1 fully saturated rings. The quantitative estimate of drug-likeness (QED) is 0.489. The van der Waals surface area contributed by atoms with Gasteiger partial charge in [0.25, 0.3) is 0 Å². The van der Waals surface area contributed by atoms with Crippen molar-refractivity contribution in [3.05, 3.63) is 34.9 Å². The summed E-state index contributed by atoms with van der Waals surface area (Å²) < 4.78 is 83.9. The van der Waals surface area contributed by atoms with Crippen molar-refractivity contribution in [2.24, 2.45) is 0 Å². The molecule has 2 nitrogen and oxygen atoms in total. The summed E-state index contributed by atoms with van der Waals surface area (Å²) >= 11 is 0. The molecule has 0 amide bonds. The molecular weight excluding hydrogens is 364 g/mol. The fraction of sp³-hybridized carbons (Fsp3) is 0.625. The zero-order chi connectivity index (χ0) is 19.0. The largest absolute Gasteiger partial charge is 0.416 e. The minimum absolute atomic E-state index is 0.0406. The van der Waals surface area contributed by atoms with Gasteiger partial charge in [0.2, 0.25) is 0 Å². The first-order valence-corrected chi connectivity index (χ1v) is 11.4. The highest BCUT2D eigenvalue weighted by Gasteiger charge is 2.38. The fourth-order valence-corrected chi connectivity index (χ4v) is 3.36. The summed E-state index contributed by atoms with van der Waals surface area (Å²) in [4.78, 5) is 1.81. The molecule has 0 N–H and O–H groups in total. The van der Waals surface area contributed by atoms with Gasteiger partial charge in [-0.2, -0.15) is 26.3 Å². The Bertz CT molecular complexity index is 576. The van der Waals surface area contributed by atoms with Crippen LogP contribution in [0.25, 0.3) is 0 Å². The lowest BCUT2D eigenvalue weighted by Crippen LogP contribution is -2.34. The second-order valence-electron chi connectivity index (χ2n) is 7.20. The average Bonchev–Trinajstić information content (AvgIpc) is 2.90. The molecular formula is C16H21F6NOSi. The van der Waals surface area contributed by atoms with E-state index < -0.39 is 37.8 Å². The van der Waals surface area contributed by atoms with Gasteiger partial charge in [0.05, 0.1) is 17.9 Å². The molecule has 25 heavy (non-hydrogen) atoms. The lowest BCUT2D eigenvalue weighted by Gasteiger charge is -2.29. The maximum atomic E-state index is 13.0. The number of likely N-dealkylation sites (tertiary alicyclic amines) is 1. The van der Waals surface area contributed by atoms with E-state index in [0.29, 0.717) is 19.4 Å². The Morgan fingerprint density at radius 1 is 1.00 bits per heavy atom. The third-order valence-electron chi connectivity index (χ3n) is 4.02. The Morgan fingerprint density at radius 3 is 1.96 bits per heavy atom. The minimum Gasteiger partial charge on any atom is -0.405 e. The highest BCUT2D eigenvalue weighted by atomic mass is 28.4. The lowest BCUT2D eigenvalue weighted by molar-refractivity contribution is -0.143. The number of nitrogens with zero attached hydrogens (tertiary/aromatic N) is 1. The Kier molecular flexibility index (Phi) is 5.61. The molecule has 0 aliphatic carbocycles. The van der Waals surface area contributed by atoms with Gasteiger partial charge < -0.3 is 4.43 Å². The Morgan fingerprint density at radius 2 is 1.52 bits per heavy atom. The maximum Gasteiger partial charge on any atom is 0.416 e. The molecule has 0 saturated carbocycles. The van der Waals surface area contributed by atoms with Crippen molar-refractivity contribution < 1.29 is 30.8 Å². The van der Waals surface area contributed by atoms with Crippen LogP contribution in [0.15, 0.2) is 18.2 Å². The van der Waals surface area contributed by atoms with E-state index in [-0.39, 0.29) is 18.4 Å². The normalized spacial score (nSPS) is 20.3. The first-order valence-electron chi connectivity index (χ1n) is 7.95. The van der Waals surface area contributed by atoms with Crippen LogP contribution in [0.4, 0.5) is 26.3 Å². The van der Waals surface area contributed by atoms with E-state index in [2.05, 4.69) is 0 Å². The molecule has 1 aromatic carbocycles. The molecule has 0 bridgehead atoms. The van der Waals surface area contributed by atoms with E-state index in [1.807, 2.05) is 24.5 Å². The van der Waals surface area contributed by atoms with Gasteiger partial charge in [-0.05, 0) is 56.2 Å². The van der Waals surface area contributed by atoms with E-state index in [1.54, 1.807) is 0 Å². The van der Waals surface area contributed by atoms with Crippen LogP contribution in [-0.4, -0.2) is 26.5 Å². The number of hydrogen-bond donors (Lipinski definition) is 0. The summed E-state index contributed by atoms with van der Waals surface area (Å²) in [6, 6.07) is 1.32. The van der Waals surface area contributed by atoms with E-state index in [0.717, 1.165) is 12.1 Å². The number of hydrogen-bond acceptors (Lipinski definition) is 2.